The first-order chi connectivity index (χ1) is 14.5. The molecular weight excluding hydrogens is 396 g/mol. The van der Waals surface area contributed by atoms with Crippen LogP contribution in [0.3, 0.4) is 0 Å². The Bertz CT molecular complexity index is 1230. The van der Waals surface area contributed by atoms with Gasteiger partial charge in [0.05, 0.1) is 23.0 Å². The van der Waals surface area contributed by atoms with Gasteiger partial charge in [-0.25, -0.2) is 4.98 Å². The molecule has 0 fully saturated rings. The third kappa shape index (κ3) is 3.68. The van der Waals surface area contributed by atoms with Gasteiger partial charge in [-0.2, -0.15) is 5.10 Å². The fourth-order valence-corrected chi connectivity index (χ4v) is 3.75. The lowest BCUT2D eigenvalue weighted by atomic mass is 10.0. The summed E-state index contributed by atoms with van der Waals surface area (Å²) in [6.45, 7) is 7.20. The van der Waals surface area contributed by atoms with Crippen molar-refractivity contribution in [1.29, 1.82) is 0 Å². The van der Waals surface area contributed by atoms with Crippen molar-refractivity contribution in [1.82, 2.24) is 20.1 Å². The zero-order valence-electron chi connectivity index (χ0n) is 17.2. The molecule has 30 heavy (non-hydrogen) atoms. The van der Waals surface area contributed by atoms with Crippen LogP contribution in [0.1, 0.15) is 34.1 Å². The SMILES string of the molecule is CCn1ncc(CNC(=O)c2cc(-c3ccccc3)nc3c(C)c(Cl)ccc23)c1C. The minimum absolute atomic E-state index is 0.148. The predicted molar refractivity (Wildman–Crippen MR) is 121 cm³/mol. The number of benzene rings is 2. The van der Waals surface area contributed by atoms with Crippen LogP contribution in [0.2, 0.25) is 5.02 Å². The van der Waals surface area contributed by atoms with Crippen LogP contribution in [-0.4, -0.2) is 20.7 Å². The molecule has 0 spiro atoms. The third-order valence-corrected chi connectivity index (χ3v) is 5.84. The van der Waals surface area contributed by atoms with Crippen LogP contribution in [0.4, 0.5) is 0 Å². The first kappa shape index (κ1) is 20.1. The van der Waals surface area contributed by atoms with E-state index in [9.17, 15) is 4.79 Å². The normalized spacial score (nSPS) is 11.1. The number of aryl methyl sites for hydroxylation is 2. The molecule has 4 aromatic rings. The maximum absolute atomic E-state index is 13.2. The summed E-state index contributed by atoms with van der Waals surface area (Å²) in [5.74, 6) is -0.148. The zero-order chi connectivity index (χ0) is 21.3. The average molecular weight is 419 g/mol. The summed E-state index contributed by atoms with van der Waals surface area (Å²) in [4.78, 5) is 18.0. The Morgan fingerprint density at radius 2 is 1.90 bits per heavy atom. The van der Waals surface area contributed by atoms with Crippen molar-refractivity contribution >= 4 is 28.4 Å². The highest BCUT2D eigenvalue weighted by molar-refractivity contribution is 6.32. The highest BCUT2D eigenvalue weighted by Gasteiger charge is 2.17. The van der Waals surface area contributed by atoms with Gasteiger partial charge in [0.15, 0.2) is 0 Å². The number of aromatic nitrogens is 3. The Balaban J connectivity index is 1.75. The summed E-state index contributed by atoms with van der Waals surface area (Å²) in [6.07, 6.45) is 1.81. The van der Waals surface area contributed by atoms with Crippen molar-refractivity contribution in [2.45, 2.75) is 33.9 Å². The number of carbonyl (C=O) groups is 1. The average Bonchev–Trinajstić information content (AvgIpc) is 3.14. The van der Waals surface area contributed by atoms with E-state index in [4.69, 9.17) is 16.6 Å². The molecule has 6 heteroatoms. The molecule has 0 aliphatic heterocycles. The zero-order valence-corrected chi connectivity index (χ0v) is 18.0. The number of amides is 1. The monoisotopic (exact) mass is 418 g/mol. The molecule has 2 heterocycles. The fourth-order valence-electron chi connectivity index (χ4n) is 3.60. The topological polar surface area (TPSA) is 59.8 Å². The number of hydrogen-bond donors (Lipinski definition) is 1. The van der Waals surface area contributed by atoms with Crippen molar-refractivity contribution in [3.63, 3.8) is 0 Å². The molecule has 0 saturated heterocycles. The Morgan fingerprint density at radius 1 is 1.13 bits per heavy atom. The fraction of sp³-hybridized carbons (Fsp3) is 0.208. The smallest absolute Gasteiger partial charge is 0.252 e. The second-order valence-corrected chi connectivity index (χ2v) is 7.65. The van der Waals surface area contributed by atoms with E-state index in [1.165, 1.54) is 0 Å². The molecule has 2 aromatic carbocycles. The van der Waals surface area contributed by atoms with Gasteiger partial charge in [-0.1, -0.05) is 48.0 Å². The molecular formula is C24H23ClN4O. The van der Waals surface area contributed by atoms with Crippen LogP contribution in [0.15, 0.2) is 54.7 Å². The molecule has 5 nitrogen and oxygen atoms in total. The van der Waals surface area contributed by atoms with E-state index in [2.05, 4.69) is 10.4 Å². The number of fused-ring (bicyclic) bond motifs is 1. The molecule has 1 N–H and O–H groups in total. The van der Waals surface area contributed by atoms with Gasteiger partial charge >= 0.3 is 0 Å². The number of carbonyl (C=O) groups excluding carboxylic acids is 1. The summed E-state index contributed by atoms with van der Waals surface area (Å²) in [7, 11) is 0. The molecule has 2 aromatic heterocycles. The largest absolute Gasteiger partial charge is 0.348 e. The molecule has 0 atom stereocenters. The van der Waals surface area contributed by atoms with Crippen molar-refractivity contribution < 1.29 is 4.79 Å². The number of halogens is 1. The Morgan fingerprint density at radius 3 is 2.60 bits per heavy atom. The van der Waals surface area contributed by atoms with Crippen LogP contribution in [0, 0.1) is 13.8 Å². The lowest BCUT2D eigenvalue weighted by Crippen LogP contribution is -2.23. The Hall–Kier alpha value is -3.18. The van der Waals surface area contributed by atoms with Crippen molar-refractivity contribution in [3.8, 4) is 11.3 Å². The molecule has 1 amide bonds. The van der Waals surface area contributed by atoms with Gasteiger partial charge in [-0.15, -0.1) is 0 Å². The van der Waals surface area contributed by atoms with Crippen LogP contribution in [0.25, 0.3) is 22.2 Å². The molecule has 0 aliphatic rings. The summed E-state index contributed by atoms with van der Waals surface area (Å²) in [6, 6.07) is 15.4. The van der Waals surface area contributed by atoms with E-state index in [0.717, 1.165) is 45.5 Å². The number of nitrogens with zero attached hydrogens (tertiary/aromatic N) is 3. The second-order valence-electron chi connectivity index (χ2n) is 7.24. The van der Waals surface area contributed by atoms with Gasteiger partial charge in [0, 0.05) is 40.3 Å². The van der Waals surface area contributed by atoms with Crippen molar-refractivity contribution in [3.05, 3.63) is 82.1 Å². The van der Waals surface area contributed by atoms with E-state index in [1.807, 2.05) is 80.2 Å². The quantitative estimate of drug-likeness (QED) is 0.477. The first-order valence-corrected chi connectivity index (χ1v) is 10.3. The highest BCUT2D eigenvalue weighted by atomic mass is 35.5. The Labute approximate surface area is 180 Å². The van der Waals surface area contributed by atoms with Gasteiger partial charge in [0.2, 0.25) is 0 Å². The summed E-state index contributed by atoms with van der Waals surface area (Å²) in [5.41, 5.74) is 5.95. The van der Waals surface area contributed by atoms with E-state index in [1.54, 1.807) is 0 Å². The lowest BCUT2D eigenvalue weighted by molar-refractivity contribution is 0.0952. The standard InChI is InChI=1S/C24H23ClN4O/c1-4-29-16(3)18(14-27-29)13-26-24(30)20-12-22(17-8-6-5-7-9-17)28-23-15(2)21(25)11-10-19(20)23/h5-12,14H,4,13H2,1-3H3,(H,26,30). The van der Waals surface area contributed by atoms with Crippen LogP contribution in [0.5, 0.6) is 0 Å². The van der Waals surface area contributed by atoms with Gasteiger partial charge < -0.3 is 5.32 Å². The molecule has 0 radical (unpaired) electrons. The molecule has 4 rings (SSSR count). The van der Waals surface area contributed by atoms with Gasteiger partial charge in [-0.3, -0.25) is 9.48 Å². The van der Waals surface area contributed by atoms with E-state index >= 15 is 0 Å². The number of pyridine rings is 1. The van der Waals surface area contributed by atoms with Crippen LogP contribution < -0.4 is 5.32 Å². The number of hydrogen-bond acceptors (Lipinski definition) is 3. The maximum atomic E-state index is 13.2. The van der Waals surface area contributed by atoms with Gasteiger partial charge in [0.25, 0.3) is 5.91 Å². The van der Waals surface area contributed by atoms with E-state index in [-0.39, 0.29) is 5.91 Å². The van der Waals surface area contributed by atoms with Crippen molar-refractivity contribution in [2.24, 2.45) is 0 Å². The summed E-state index contributed by atoms with van der Waals surface area (Å²) in [5, 5.41) is 8.82. The molecule has 152 valence electrons. The molecule has 0 saturated carbocycles. The van der Waals surface area contributed by atoms with Gasteiger partial charge in [0.1, 0.15) is 0 Å². The van der Waals surface area contributed by atoms with Gasteiger partial charge in [-0.05, 0) is 38.5 Å². The lowest BCUT2D eigenvalue weighted by Gasteiger charge is -2.13. The summed E-state index contributed by atoms with van der Waals surface area (Å²) < 4.78 is 1.92. The number of nitrogens with one attached hydrogen (secondary N) is 1. The van der Waals surface area contributed by atoms with Crippen LogP contribution in [-0.2, 0) is 13.1 Å². The minimum atomic E-state index is -0.148. The third-order valence-electron chi connectivity index (χ3n) is 5.43. The Kier molecular flexibility index (Phi) is 5.55. The summed E-state index contributed by atoms with van der Waals surface area (Å²) >= 11 is 6.34. The van der Waals surface area contributed by atoms with Crippen LogP contribution >= 0.6 is 11.6 Å². The highest BCUT2D eigenvalue weighted by Crippen LogP contribution is 2.30. The van der Waals surface area contributed by atoms with E-state index in [0.29, 0.717) is 17.1 Å². The minimum Gasteiger partial charge on any atom is -0.348 e. The second kappa shape index (κ2) is 8.28. The molecule has 0 aliphatic carbocycles. The first-order valence-electron chi connectivity index (χ1n) is 9.94. The number of rotatable bonds is 5. The predicted octanol–water partition coefficient (Wildman–Crippen LogP) is 5.32. The van der Waals surface area contributed by atoms with E-state index < -0.39 is 0 Å². The molecule has 0 unspecified atom stereocenters. The maximum Gasteiger partial charge on any atom is 0.252 e. The van der Waals surface area contributed by atoms with Crippen molar-refractivity contribution in [2.75, 3.05) is 0 Å². The molecule has 0 bridgehead atoms.